The molecule has 0 aliphatic carbocycles. The second kappa shape index (κ2) is 6.79. The molecule has 1 amide bonds. The Morgan fingerprint density at radius 3 is 2.50 bits per heavy atom. The third-order valence-corrected chi connectivity index (χ3v) is 4.12. The zero-order chi connectivity index (χ0) is 15.3. The molecule has 0 saturated heterocycles. The minimum Gasteiger partial charge on any atom is -0.397 e. The Bertz CT molecular complexity index is 440. The van der Waals surface area contributed by atoms with E-state index in [-0.39, 0.29) is 24.0 Å². The number of aliphatic hydroxyl groups excluding tert-OH is 1. The number of nitrogen functional groups attached to an aromatic ring is 1. The first kappa shape index (κ1) is 16.6. The number of rotatable bonds is 7. The van der Waals surface area contributed by atoms with Crippen molar-refractivity contribution < 1.29 is 9.90 Å². The van der Waals surface area contributed by atoms with Crippen LogP contribution in [-0.2, 0) is 0 Å². The van der Waals surface area contributed by atoms with E-state index in [1.54, 1.807) is 12.3 Å². The molecule has 5 nitrogen and oxygen atoms in total. The summed E-state index contributed by atoms with van der Waals surface area (Å²) in [6.45, 7) is 8.62. The lowest BCUT2D eigenvalue weighted by Gasteiger charge is -2.29. The fourth-order valence-corrected chi connectivity index (χ4v) is 2.25. The molecule has 0 spiro atoms. The summed E-state index contributed by atoms with van der Waals surface area (Å²) in [4.78, 5) is 12.3. The molecule has 114 valence electrons. The molecule has 4 N–H and O–H groups in total. The molecule has 5 heteroatoms. The van der Waals surface area contributed by atoms with Gasteiger partial charge in [0.2, 0.25) is 0 Å². The van der Waals surface area contributed by atoms with Gasteiger partial charge in [-0.3, -0.25) is 4.79 Å². The van der Waals surface area contributed by atoms with Crippen LogP contribution >= 0.6 is 0 Å². The normalized spacial score (nSPS) is 11.9. The average molecular weight is 281 g/mol. The van der Waals surface area contributed by atoms with Crippen molar-refractivity contribution in [2.45, 2.75) is 46.6 Å². The molecule has 1 aromatic heterocycles. The highest BCUT2D eigenvalue weighted by Gasteiger charge is 2.26. The zero-order valence-electron chi connectivity index (χ0n) is 12.9. The predicted octanol–water partition coefficient (Wildman–Crippen LogP) is 2.18. The number of aromatic nitrogens is 1. The van der Waals surface area contributed by atoms with Gasteiger partial charge in [-0.25, -0.2) is 0 Å². The minimum atomic E-state index is -0.240. The molecule has 0 bridgehead atoms. The number of carbonyl (C=O) groups excluding carboxylic acids is 1. The fraction of sp³-hybridized carbons (Fsp3) is 0.667. The molecular weight excluding hydrogens is 254 g/mol. The van der Waals surface area contributed by atoms with Gasteiger partial charge in [-0.05, 0) is 32.8 Å². The molecule has 0 fully saturated rings. The summed E-state index contributed by atoms with van der Waals surface area (Å²) in [5, 5.41) is 12.5. The van der Waals surface area contributed by atoms with Gasteiger partial charge in [0.05, 0.1) is 12.3 Å². The first-order valence-corrected chi connectivity index (χ1v) is 7.25. The number of anilines is 1. The van der Waals surface area contributed by atoms with Gasteiger partial charge in [0.15, 0.2) is 0 Å². The van der Waals surface area contributed by atoms with Crippen molar-refractivity contribution in [3.05, 3.63) is 18.0 Å². The molecule has 0 aliphatic rings. The van der Waals surface area contributed by atoms with Crippen LogP contribution in [0.5, 0.6) is 0 Å². The standard InChI is InChI=1S/C15H27N3O2/c1-5-15(6-2,10-19)9-17-14(20)13-7-12(16)8-18(13)11(3)4/h7-8,11,19H,5-6,9-10,16H2,1-4H3,(H,17,20). The Balaban J connectivity index is 2.82. The molecule has 0 atom stereocenters. The Morgan fingerprint density at radius 2 is 2.05 bits per heavy atom. The van der Waals surface area contributed by atoms with Crippen molar-refractivity contribution in [2.75, 3.05) is 18.9 Å². The van der Waals surface area contributed by atoms with E-state index < -0.39 is 0 Å². The molecule has 0 aromatic carbocycles. The lowest BCUT2D eigenvalue weighted by molar-refractivity contribution is 0.0842. The third kappa shape index (κ3) is 3.54. The van der Waals surface area contributed by atoms with E-state index in [4.69, 9.17) is 5.73 Å². The maximum absolute atomic E-state index is 12.3. The van der Waals surface area contributed by atoms with E-state index in [2.05, 4.69) is 5.32 Å². The maximum atomic E-state index is 12.3. The van der Waals surface area contributed by atoms with Crippen LogP contribution in [0.1, 0.15) is 57.1 Å². The largest absolute Gasteiger partial charge is 0.397 e. The number of nitrogens with two attached hydrogens (primary N) is 1. The van der Waals surface area contributed by atoms with Gasteiger partial charge < -0.3 is 20.7 Å². The number of hydrogen-bond acceptors (Lipinski definition) is 3. The van der Waals surface area contributed by atoms with E-state index in [0.717, 1.165) is 12.8 Å². The van der Waals surface area contributed by atoms with Crippen molar-refractivity contribution in [2.24, 2.45) is 5.41 Å². The second-order valence-corrected chi connectivity index (χ2v) is 5.71. The Hall–Kier alpha value is -1.49. The summed E-state index contributed by atoms with van der Waals surface area (Å²) in [5.74, 6) is -0.143. The lowest BCUT2D eigenvalue weighted by atomic mass is 9.83. The van der Waals surface area contributed by atoms with E-state index >= 15 is 0 Å². The smallest absolute Gasteiger partial charge is 0.268 e. The first-order valence-electron chi connectivity index (χ1n) is 7.25. The number of hydrogen-bond donors (Lipinski definition) is 3. The summed E-state index contributed by atoms with van der Waals surface area (Å²) in [6, 6.07) is 1.86. The summed E-state index contributed by atoms with van der Waals surface area (Å²) < 4.78 is 1.86. The highest BCUT2D eigenvalue weighted by molar-refractivity contribution is 5.93. The van der Waals surface area contributed by atoms with Crippen molar-refractivity contribution in [3.8, 4) is 0 Å². The van der Waals surface area contributed by atoms with E-state index in [0.29, 0.717) is 17.9 Å². The SMILES string of the molecule is CCC(CC)(CO)CNC(=O)c1cc(N)cn1C(C)C. The van der Waals surface area contributed by atoms with E-state index in [1.165, 1.54) is 0 Å². The lowest BCUT2D eigenvalue weighted by Crippen LogP contribution is -2.40. The summed E-state index contributed by atoms with van der Waals surface area (Å²) >= 11 is 0. The summed E-state index contributed by atoms with van der Waals surface area (Å²) in [5.41, 5.74) is 6.69. The summed E-state index contributed by atoms with van der Waals surface area (Å²) in [6.07, 6.45) is 3.43. The summed E-state index contributed by atoms with van der Waals surface area (Å²) in [7, 11) is 0. The topological polar surface area (TPSA) is 80.3 Å². The zero-order valence-corrected chi connectivity index (χ0v) is 12.9. The van der Waals surface area contributed by atoms with Crippen molar-refractivity contribution in [1.82, 2.24) is 9.88 Å². The maximum Gasteiger partial charge on any atom is 0.268 e. The van der Waals surface area contributed by atoms with Crippen LogP contribution in [0.4, 0.5) is 5.69 Å². The van der Waals surface area contributed by atoms with Gasteiger partial charge in [-0.1, -0.05) is 13.8 Å². The molecule has 0 radical (unpaired) electrons. The molecular formula is C15H27N3O2. The molecule has 0 unspecified atom stereocenters. The molecule has 0 saturated carbocycles. The Labute approximate surface area is 121 Å². The molecule has 1 aromatic rings. The predicted molar refractivity (Wildman–Crippen MR) is 81.7 cm³/mol. The average Bonchev–Trinajstić information content (AvgIpc) is 2.83. The number of nitrogens with one attached hydrogen (secondary N) is 1. The van der Waals surface area contributed by atoms with Gasteiger partial charge in [-0.2, -0.15) is 0 Å². The molecule has 0 aliphatic heterocycles. The van der Waals surface area contributed by atoms with E-state index in [9.17, 15) is 9.90 Å². The van der Waals surface area contributed by atoms with Crippen LogP contribution in [0.2, 0.25) is 0 Å². The van der Waals surface area contributed by atoms with E-state index in [1.807, 2.05) is 32.3 Å². The quantitative estimate of drug-likeness (QED) is 0.716. The van der Waals surface area contributed by atoms with Crippen LogP contribution < -0.4 is 11.1 Å². The van der Waals surface area contributed by atoms with Crippen LogP contribution in [0, 0.1) is 5.41 Å². The van der Waals surface area contributed by atoms with Crippen molar-refractivity contribution >= 4 is 11.6 Å². The third-order valence-electron chi connectivity index (χ3n) is 4.12. The highest BCUT2D eigenvalue weighted by atomic mass is 16.3. The van der Waals surface area contributed by atoms with Gasteiger partial charge in [-0.15, -0.1) is 0 Å². The van der Waals surface area contributed by atoms with Crippen LogP contribution in [0.3, 0.4) is 0 Å². The minimum absolute atomic E-state index is 0.0770. The van der Waals surface area contributed by atoms with Crippen LogP contribution in [0.15, 0.2) is 12.3 Å². The second-order valence-electron chi connectivity index (χ2n) is 5.71. The first-order chi connectivity index (χ1) is 9.39. The number of amides is 1. The molecule has 1 rings (SSSR count). The Morgan fingerprint density at radius 1 is 1.45 bits per heavy atom. The molecule has 20 heavy (non-hydrogen) atoms. The number of nitrogens with zero attached hydrogens (tertiary/aromatic N) is 1. The number of carbonyl (C=O) groups is 1. The van der Waals surface area contributed by atoms with Gasteiger partial charge >= 0.3 is 0 Å². The number of aliphatic hydroxyl groups is 1. The van der Waals surface area contributed by atoms with Crippen LogP contribution in [0.25, 0.3) is 0 Å². The fourth-order valence-electron chi connectivity index (χ4n) is 2.25. The highest BCUT2D eigenvalue weighted by Crippen LogP contribution is 2.24. The van der Waals surface area contributed by atoms with Gasteiger partial charge in [0.1, 0.15) is 5.69 Å². The monoisotopic (exact) mass is 281 g/mol. The van der Waals surface area contributed by atoms with Crippen LogP contribution in [-0.4, -0.2) is 28.7 Å². The van der Waals surface area contributed by atoms with Crippen molar-refractivity contribution in [3.63, 3.8) is 0 Å². The molecule has 1 heterocycles. The van der Waals surface area contributed by atoms with Crippen molar-refractivity contribution in [1.29, 1.82) is 0 Å². The van der Waals surface area contributed by atoms with Gasteiger partial charge in [0, 0.05) is 24.2 Å². The Kier molecular flexibility index (Phi) is 5.62. The van der Waals surface area contributed by atoms with Gasteiger partial charge in [0.25, 0.3) is 5.91 Å².